The molecule has 1 heterocycles. The molecule has 0 aliphatic carbocycles. The van der Waals surface area contributed by atoms with Gasteiger partial charge in [0.15, 0.2) is 5.96 Å². The fourth-order valence-electron chi connectivity index (χ4n) is 2.10. The molecule has 6 heteroatoms. The van der Waals surface area contributed by atoms with Crippen LogP contribution in [0.15, 0.2) is 21.8 Å². The van der Waals surface area contributed by atoms with Crippen molar-refractivity contribution in [2.75, 3.05) is 39.3 Å². The van der Waals surface area contributed by atoms with E-state index in [1.807, 2.05) is 0 Å². The fraction of sp³-hybridized carbons (Fsp3) is 0.688. The van der Waals surface area contributed by atoms with E-state index in [1.165, 1.54) is 5.56 Å². The van der Waals surface area contributed by atoms with Gasteiger partial charge in [-0.05, 0) is 42.4 Å². The monoisotopic (exact) mass is 438 g/mol. The first-order valence-corrected chi connectivity index (χ1v) is 8.92. The van der Waals surface area contributed by atoms with Crippen LogP contribution in [0.25, 0.3) is 0 Å². The molecule has 0 saturated heterocycles. The van der Waals surface area contributed by atoms with E-state index in [0.717, 1.165) is 45.2 Å². The Morgan fingerprint density at radius 2 is 2.00 bits per heavy atom. The average Bonchev–Trinajstić information content (AvgIpc) is 3.03. The van der Waals surface area contributed by atoms with Gasteiger partial charge < -0.3 is 15.5 Å². The van der Waals surface area contributed by atoms with E-state index in [2.05, 4.69) is 60.1 Å². The van der Waals surface area contributed by atoms with Crippen molar-refractivity contribution in [1.29, 1.82) is 0 Å². The van der Waals surface area contributed by atoms with Gasteiger partial charge in [0.1, 0.15) is 0 Å². The minimum absolute atomic E-state index is 0. The number of aliphatic imine (C=N–C) groups is 1. The van der Waals surface area contributed by atoms with E-state index < -0.39 is 0 Å². The van der Waals surface area contributed by atoms with Gasteiger partial charge in [0.2, 0.25) is 0 Å². The third-order valence-corrected chi connectivity index (χ3v) is 4.30. The molecule has 2 N–H and O–H groups in total. The number of guanidine groups is 1. The van der Waals surface area contributed by atoms with Crippen molar-refractivity contribution in [3.05, 3.63) is 22.4 Å². The van der Waals surface area contributed by atoms with Crippen LogP contribution in [0.1, 0.15) is 39.2 Å². The molecule has 0 spiro atoms. The summed E-state index contributed by atoms with van der Waals surface area (Å²) in [5.74, 6) is 1.39. The minimum Gasteiger partial charge on any atom is -0.357 e. The normalized spacial score (nSPS) is 12.9. The van der Waals surface area contributed by atoms with Crippen molar-refractivity contribution >= 4 is 41.3 Å². The Kier molecular flexibility index (Phi) is 12.9. The minimum atomic E-state index is 0. The topological polar surface area (TPSA) is 39.7 Å². The zero-order chi connectivity index (χ0) is 15.5. The van der Waals surface area contributed by atoms with Gasteiger partial charge >= 0.3 is 0 Å². The molecule has 0 radical (unpaired) electrons. The van der Waals surface area contributed by atoms with Gasteiger partial charge in [-0.3, -0.25) is 4.99 Å². The lowest BCUT2D eigenvalue weighted by Crippen LogP contribution is -2.41. The quantitative estimate of drug-likeness (QED) is 0.353. The summed E-state index contributed by atoms with van der Waals surface area (Å²) in [4.78, 5) is 7.11. The van der Waals surface area contributed by atoms with Crippen molar-refractivity contribution in [2.24, 2.45) is 4.99 Å². The molecule has 1 rings (SSSR count). The highest BCUT2D eigenvalue weighted by Crippen LogP contribution is 2.18. The maximum Gasteiger partial charge on any atom is 0.191 e. The second kappa shape index (κ2) is 13.1. The molecule has 0 saturated carbocycles. The lowest BCUT2D eigenvalue weighted by Gasteiger charge is -2.19. The first kappa shape index (κ1) is 21.7. The van der Waals surface area contributed by atoms with Crippen LogP contribution >= 0.6 is 35.3 Å². The van der Waals surface area contributed by atoms with Crippen LogP contribution in [-0.4, -0.2) is 50.1 Å². The standard InChI is InChI=1S/C16H30N4S.HI/c1-5-17-16(18-9-10-20(6-2)7-3)19-12-14(4)15-8-11-21-13-15;/h8,11,13-14H,5-7,9-10,12H2,1-4H3,(H2,17,18,19);1H. The van der Waals surface area contributed by atoms with Crippen molar-refractivity contribution in [1.82, 2.24) is 15.5 Å². The van der Waals surface area contributed by atoms with Crippen LogP contribution in [0, 0.1) is 0 Å². The van der Waals surface area contributed by atoms with Crippen LogP contribution in [0.5, 0.6) is 0 Å². The molecule has 4 nitrogen and oxygen atoms in total. The van der Waals surface area contributed by atoms with Crippen LogP contribution < -0.4 is 10.6 Å². The highest BCUT2D eigenvalue weighted by Gasteiger charge is 2.06. The first-order valence-electron chi connectivity index (χ1n) is 7.97. The number of hydrogen-bond acceptors (Lipinski definition) is 3. The number of hydrogen-bond donors (Lipinski definition) is 2. The Morgan fingerprint density at radius 1 is 1.27 bits per heavy atom. The molecule has 1 unspecified atom stereocenters. The Balaban J connectivity index is 0.00000441. The summed E-state index contributed by atoms with van der Waals surface area (Å²) in [6.45, 7) is 14.6. The molecule has 0 fully saturated rings. The van der Waals surface area contributed by atoms with Gasteiger partial charge in [-0.2, -0.15) is 11.3 Å². The van der Waals surface area contributed by atoms with E-state index in [-0.39, 0.29) is 24.0 Å². The van der Waals surface area contributed by atoms with Crippen molar-refractivity contribution in [2.45, 2.75) is 33.6 Å². The molecule has 0 amide bonds. The maximum absolute atomic E-state index is 4.70. The van der Waals surface area contributed by atoms with Gasteiger partial charge in [0, 0.05) is 32.1 Å². The number of halogens is 1. The summed E-state index contributed by atoms with van der Waals surface area (Å²) < 4.78 is 0. The Bertz CT molecular complexity index is 391. The molecular formula is C16H31IN4S. The molecular weight excluding hydrogens is 407 g/mol. The van der Waals surface area contributed by atoms with E-state index in [1.54, 1.807) is 11.3 Å². The van der Waals surface area contributed by atoms with Crippen LogP contribution in [-0.2, 0) is 0 Å². The van der Waals surface area contributed by atoms with Crippen LogP contribution in [0.2, 0.25) is 0 Å². The first-order chi connectivity index (χ1) is 10.2. The summed E-state index contributed by atoms with van der Waals surface area (Å²) >= 11 is 1.75. The van der Waals surface area contributed by atoms with E-state index >= 15 is 0 Å². The van der Waals surface area contributed by atoms with Crippen molar-refractivity contribution in [3.63, 3.8) is 0 Å². The molecule has 128 valence electrons. The van der Waals surface area contributed by atoms with Gasteiger partial charge in [0.05, 0.1) is 0 Å². The number of nitrogens with one attached hydrogen (secondary N) is 2. The summed E-state index contributed by atoms with van der Waals surface area (Å²) in [6, 6.07) is 2.19. The third-order valence-electron chi connectivity index (χ3n) is 3.59. The maximum atomic E-state index is 4.70. The average molecular weight is 438 g/mol. The highest BCUT2D eigenvalue weighted by atomic mass is 127. The number of thiophene rings is 1. The summed E-state index contributed by atoms with van der Waals surface area (Å²) in [5, 5.41) is 11.1. The Morgan fingerprint density at radius 3 is 2.55 bits per heavy atom. The highest BCUT2D eigenvalue weighted by molar-refractivity contribution is 14.0. The largest absolute Gasteiger partial charge is 0.357 e. The van der Waals surface area contributed by atoms with E-state index in [9.17, 15) is 0 Å². The zero-order valence-corrected chi connectivity index (χ0v) is 17.4. The predicted molar refractivity (Wildman–Crippen MR) is 110 cm³/mol. The summed E-state index contributed by atoms with van der Waals surface area (Å²) in [5.41, 5.74) is 1.38. The van der Waals surface area contributed by atoms with Gasteiger partial charge in [-0.15, -0.1) is 24.0 Å². The van der Waals surface area contributed by atoms with Crippen molar-refractivity contribution < 1.29 is 0 Å². The van der Waals surface area contributed by atoms with Gasteiger partial charge in [-0.1, -0.05) is 20.8 Å². The smallest absolute Gasteiger partial charge is 0.191 e. The number of nitrogens with zero attached hydrogens (tertiary/aromatic N) is 2. The third kappa shape index (κ3) is 8.33. The SMILES string of the molecule is CCNC(=NCC(C)c1ccsc1)NCCN(CC)CC.I. The van der Waals surface area contributed by atoms with E-state index in [0.29, 0.717) is 5.92 Å². The fourth-order valence-corrected chi connectivity index (χ4v) is 2.89. The lowest BCUT2D eigenvalue weighted by atomic mass is 10.1. The van der Waals surface area contributed by atoms with E-state index in [4.69, 9.17) is 4.99 Å². The molecule has 22 heavy (non-hydrogen) atoms. The Hall–Kier alpha value is -0.340. The molecule has 0 bridgehead atoms. The number of rotatable bonds is 9. The van der Waals surface area contributed by atoms with Gasteiger partial charge in [-0.25, -0.2) is 0 Å². The lowest BCUT2D eigenvalue weighted by molar-refractivity contribution is 0.308. The molecule has 1 atom stereocenters. The molecule has 0 aromatic carbocycles. The summed E-state index contributed by atoms with van der Waals surface area (Å²) in [6.07, 6.45) is 0. The second-order valence-electron chi connectivity index (χ2n) is 5.13. The van der Waals surface area contributed by atoms with Crippen LogP contribution in [0.4, 0.5) is 0 Å². The number of likely N-dealkylation sites (N-methyl/N-ethyl adjacent to an activating group) is 1. The predicted octanol–water partition coefficient (Wildman–Crippen LogP) is 3.37. The Labute approximate surface area is 156 Å². The van der Waals surface area contributed by atoms with Crippen LogP contribution in [0.3, 0.4) is 0 Å². The zero-order valence-electron chi connectivity index (χ0n) is 14.3. The van der Waals surface area contributed by atoms with Gasteiger partial charge in [0.25, 0.3) is 0 Å². The summed E-state index contributed by atoms with van der Waals surface area (Å²) in [7, 11) is 0. The molecule has 0 aliphatic rings. The second-order valence-corrected chi connectivity index (χ2v) is 5.91. The van der Waals surface area contributed by atoms with Crippen molar-refractivity contribution in [3.8, 4) is 0 Å². The molecule has 1 aromatic rings. The molecule has 0 aliphatic heterocycles. The molecule has 1 aromatic heterocycles.